The van der Waals surface area contributed by atoms with Gasteiger partial charge in [-0.2, -0.15) is 5.26 Å². The highest BCUT2D eigenvalue weighted by Gasteiger charge is 2.13. The van der Waals surface area contributed by atoms with Crippen molar-refractivity contribution in [3.63, 3.8) is 0 Å². The normalized spacial score (nSPS) is 14.1. The lowest BCUT2D eigenvalue weighted by atomic mass is 10.1. The van der Waals surface area contributed by atoms with Gasteiger partial charge in [-0.05, 0) is 56.1 Å². The van der Waals surface area contributed by atoms with Gasteiger partial charge in [-0.3, -0.25) is 4.90 Å². The lowest BCUT2D eigenvalue weighted by Crippen LogP contribution is -2.18. The van der Waals surface area contributed by atoms with Crippen LogP contribution in [0.25, 0.3) is 10.6 Å². The van der Waals surface area contributed by atoms with Crippen LogP contribution in [0, 0.1) is 18.3 Å². The highest BCUT2D eigenvalue weighted by molar-refractivity contribution is 7.15. The van der Waals surface area contributed by atoms with E-state index in [0.29, 0.717) is 18.1 Å². The molecule has 0 unspecified atom stereocenters. The van der Waals surface area contributed by atoms with Gasteiger partial charge in [0.2, 0.25) is 5.88 Å². The second kappa shape index (κ2) is 8.55. The van der Waals surface area contributed by atoms with Crippen molar-refractivity contribution < 1.29 is 4.74 Å². The van der Waals surface area contributed by atoms with Crippen LogP contribution >= 0.6 is 11.3 Å². The third-order valence-electron chi connectivity index (χ3n) is 5.02. The summed E-state index contributed by atoms with van der Waals surface area (Å²) < 4.78 is 5.98. The summed E-state index contributed by atoms with van der Waals surface area (Å²) >= 11 is 1.61. The molecule has 1 saturated heterocycles. The molecule has 28 heavy (non-hydrogen) atoms. The molecule has 0 aliphatic carbocycles. The van der Waals surface area contributed by atoms with Crippen LogP contribution in [-0.2, 0) is 13.2 Å². The Morgan fingerprint density at radius 1 is 1.04 bits per heavy atom. The molecular formula is C23H23N3OS. The number of hydrogen-bond acceptors (Lipinski definition) is 5. The van der Waals surface area contributed by atoms with Crippen molar-refractivity contribution in [3.8, 4) is 22.5 Å². The van der Waals surface area contributed by atoms with Crippen LogP contribution in [0.4, 0.5) is 0 Å². The molecule has 1 aromatic heterocycles. The lowest BCUT2D eigenvalue weighted by molar-refractivity contribution is 0.294. The summed E-state index contributed by atoms with van der Waals surface area (Å²) in [7, 11) is 0. The summed E-state index contributed by atoms with van der Waals surface area (Å²) in [6.45, 7) is 6.02. The van der Waals surface area contributed by atoms with Crippen molar-refractivity contribution in [2.75, 3.05) is 13.1 Å². The Kier molecular flexibility index (Phi) is 5.70. The zero-order valence-corrected chi connectivity index (χ0v) is 16.8. The summed E-state index contributed by atoms with van der Waals surface area (Å²) in [4.78, 5) is 8.21. The molecule has 1 aliphatic rings. The molecule has 0 spiro atoms. The van der Waals surface area contributed by atoms with Crippen LogP contribution in [0.5, 0.6) is 5.88 Å². The molecule has 0 bridgehead atoms. The maximum atomic E-state index is 8.93. The standard InChI is InChI=1S/C23H23N3OS/c1-17-22(25-23(28-17)21-10-8-18(14-24)9-11-21)27-16-20-6-4-19(5-7-20)15-26-12-2-3-13-26/h4-11H,2-3,12-13,15-16H2,1H3. The van der Waals surface area contributed by atoms with Gasteiger partial charge in [0.25, 0.3) is 0 Å². The highest BCUT2D eigenvalue weighted by atomic mass is 32.1. The van der Waals surface area contributed by atoms with Gasteiger partial charge in [0.1, 0.15) is 11.6 Å². The molecule has 0 N–H and O–H groups in total. The maximum absolute atomic E-state index is 8.93. The lowest BCUT2D eigenvalue weighted by Gasteiger charge is -2.14. The van der Waals surface area contributed by atoms with Gasteiger partial charge < -0.3 is 4.74 Å². The SMILES string of the molecule is Cc1sc(-c2ccc(C#N)cc2)nc1OCc1ccc(CN2CCCC2)cc1. The molecule has 0 atom stereocenters. The minimum Gasteiger partial charge on any atom is -0.472 e. The fraction of sp³-hybridized carbons (Fsp3) is 0.304. The van der Waals surface area contributed by atoms with E-state index in [2.05, 4.69) is 40.2 Å². The van der Waals surface area contributed by atoms with Crippen LogP contribution in [-0.4, -0.2) is 23.0 Å². The van der Waals surface area contributed by atoms with E-state index < -0.39 is 0 Å². The molecule has 4 rings (SSSR count). The smallest absolute Gasteiger partial charge is 0.228 e. The van der Waals surface area contributed by atoms with Crippen LogP contribution in [0.1, 0.15) is 34.4 Å². The topological polar surface area (TPSA) is 49.1 Å². The number of likely N-dealkylation sites (tertiary alicyclic amines) is 1. The fourth-order valence-electron chi connectivity index (χ4n) is 3.42. The highest BCUT2D eigenvalue weighted by Crippen LogP contribution is 2.32. The number of hydrogen-bond donors (Lipinski definition) is 0. The predicted molar refractivity (Wildman–Crippen MR) is 112 cm³/mol. The Balaban J connectivity index is 1.38. The first-order valence-electron chi connectivity index (χ1n) is 9.62. The second-order valence-corrected chi connectivity index (χ2v) is 8.36. The quantitative estimate of drug-likeness (QED) is 0.584. The molecule has 3 aromatic rings. The number of rotatable bonds is 6. The Bertz CT molecular complexity index is 965. The third kappa shape index (κ3) is 4.41. The van der Waals surface area contributed by atoms with E-state index in [4.69, 9.17) is 10.00 Å². The zero-order valence-electron chi connectivity index (χ0n) is 16.0. The maximum Gasteiger partial charge on any atom is 0.228 e. The molecule has 4 nitrogen and oxygen atoms in total. The average molecular weight is 390 g/mol. The second-order valence-electron chi connectivity index (χ2n) is 7.16. The number of nitriles is 1. The number of thiazole rings is 1. The Labute approximate surface area is 170 Å². The molecule has 0 amide bonds. The molecular weight excluding hydrogens is 366 g/mol. The summed E-state index contributed by atoms with van der Waals surface area (Å²) in [5.74, 6) is 0.686. The van der Waals surface area contributed by atoms with Crippen LogP contribution in [0.15, 0.2) is 48.5 Å². The van der Waals surface area contributed by atoms with Gasteiger partial charge in [-0.15, -0.1) is 11.3 Å². The monoisotopic (exact) mass is 389 g/mol. The van der Waals surface area contributed by atoms with Crippen molar-refractivity contribution in [2.45, 2.75) is 32.9 Å². The van der Waals surface area contributed by atoms with E-state index >= 15 is 0 Å². The van der Waals surface area contributed by atoms with E-state index in [9.17, 15) is 0 Å². The van der Waals surface area contributed by atoms with Gasteiger partial charge in [0.15, 0.2) is 0 Å². The van der Waals surface area contributed by atoms with Crippen LogP contribution in [0.3, 0.4) is 0 Å². The average Bonchev–Trinajstić information content (AvgIpc) is 3.37. The van der Waals surface area contributed by atoms with E-state index in [1.54, 1.807) is 11.3 Å². The first-order chi connectivity index (χ1) is 13.7. The molecule has 2 heterocycles. The Morgan fingerprint density at radius 3 is 2.39 bits per heavy atom. The van der Waals surface area contributed by atoms with Crippen molar-refractivity contribution >= 4 is 11.3 Å². The first kappa shape index (κ1) is 18.7. The van der Waals surface area contributed by atoms with E-state index in [0.717, 1.165) is 27.6 Å². The summed E-state index contributed by atoms with van der Waals surface area (Å²) in [6.07, 6.45) is 2.65. The van der Waals surface area contributed by atoms with Crippen molar-refractivity contribution in [3.05, 3.63) is 70.1 Å². The molecule has 2 aromatic carbocycles. The van der Waals surface area contributed by atoms with Crippen molar-refractivity contribution in [1.29, 1.82) is 5.26 Å². The van der Waals surface area contributed by atoms with Crippen LogP contribution in [0.2, 0.25) is 0 Å². The van der Waals surface area contributed by atoms with E-state index in [1.165, 1.54) is 31.5 Å². The minimum atomic E-state index is 0.515. The van der Waals surface area contributed by atoms with E-state index in [-0.39, 0.29) is 0 Å². The number of benzene rings is 2. The van der Waals surface area contributed by atoms with Gasteiger partial charge in [-0.25, -0.2) is 4.98 Å². The number of nitrogens with zero attached hydrogens (tertiary/aromatic N) is 3. The van der Waals surface area contributed by atoms with Gasteiger partial charge >= 0.3 is 0 Å². The van der Waals surface area contributed by atoms with Crippen molar-refractivity contribution in [1.82, 2.24) is 9.88 Å². The molecule has 142 valence electrons. The molecule has 1 aliphatic heterocycles. The summed E-state index contributed by atoms with van der Waals surface area (Å²) in [5, 5.41) is 9.84. The summed E-state index contributed by atoms with van der Waals surface area (Å²) in [6, 6.07) is 18.3. The number of ether oxygens (including phenoxy) is 1. The summed E-state index contributed by atoms with van der Waals surface area (Å²) in [5.41, 5.74) is 4.17. The molecule has 1 fully saturated rings. The zero-order chi connectivity index (χ0) is 19.3. The molecule has 5 heteroatoms. The molecule has 0 radical (unpaired) electrons. The van der Waals surface area contributed by atoms with Gasteiger partial charge in [0, 0.05) is 12.1 Å². The third-order valence-corrected chi connectivity index (χ3v) is 6.02. The molecule has 0 saturated carbocycles. The van der Waals surface area contributed by atoms with Crippen LogP contribution < -0.4 is 4.74 Å². The largest absolute Gasteiger partial charge is 0.472 e. The van der Waals surface area contributed by atoms with Crippen molar-refractivity contribution in [2.24, 2.45) is 0 Å². The van der Waals surface area contributed by atoms with Gasteiger partial charge in [0.05, 0.1) is 16.5 Å². The first-order valence-corrected chi connectivity index (χ1v) is 10.4. The Hall–Kier alpha value is -2.68. The Morgan fingerprint density at radius 2 is 1.71 bits per heavy atom. The van der Waals surface area contributed by atoms with Gasteiger partial charge in [-0.1, -0.05) is 36.4 Å². The van der Waals surface area contributed by atoms with E-state index in [1.807, 2.05) is 31.2 Å². The fourth-order valence-corrected chi connectivity index (χ4v) is 4.28. The minimum absolute atomic E-state index is 0.515. The number of aromatic nitrogens is 1. The number of aryl methyl sites for hydroxylation is 1. The predicted octanol–water partition coefficient (Wildman–Crippen LogP) is 5.17.